The molecule has 2 heteroatoms. The van der Waals surface area contributed by atoms with Gasteiger partial charge in [0, 0.05) is 11.6 Å². The Bertz CT molecular complexity index is 306. The minimum absolute atomic E-state index is 0.384. The molecule has 0 aromatic heterocycles. The molecule has 0 amide bonds. The van der Waals surface area contributed by atoms with Gasteiger partial charge in [-0.15, -0.1) is 0 Å². The van der Waals surface area contributed by atoms with E-state index in [-0.39, 0.29) is 0 Å². The molecule has 0 aliphatic carbocycles. The van der Waals surface area contributed by atoms with Gasteiger partial charge >= 0.3 is 0 Å². The standard InChI is InChI=1S/C10H13N2/c1-8(2)9-7-11-12-6-4-3-5-10(9)12/h3-8,10H,1-2H3/q+1. The summed E-state index contributed by atoms with van der Waals surface area (Å²) in [7, 11) is 0. The van der Waals surface area contributed by atoms with Gasteiger partial charge < -0.3 is 0 Å². The van der Waals surface area contributed by atoms with Crippen molar-refractivity contribution in [2.75, 3.05) is 0 Å². The van der Waals surface area contributed by atoms with Crippen LogP contribution in [-0.2, 0) is 0 Å². The van der Waals surface area contributed by atoms with E-state index in [0.717, 1.165) is 0 Å². The molecule has 0 radical (unpaired) electrons. The van der Waals surface area contributed by atoms with Crippen LogP contribution in [0, 0.1) is 5.92 Å². The third-order valence-corrected chi connectivity index (χ3v) is 2.28. The zero-order valence-electron chi connectivity index (χ0n) is 7.44. The Morgan fingerprint density at radius 3 is 3.00 bits per heavy atom. The molecule has 2 aliphatic rings. The largest absolute Gasteiger partial charge is 0.226 e. The molecule has 1 unspecified atom stereocenters. The molecule has 0 bridgehead atoms. The first-order valence-electron chi connectivity index (χ1n) is 4.33. The SMILES string of the molecule is CC(C)C1=CN=[N+]2C=CC=CC12. The summed E-state index contributed by atoms with van der Waals surface area (Å²) < 4.78 is 2.00. The van der Waals surface area contributed by atoms with Crippen LogP contribution in [0.25, 0.3) is 0 Å². The van der Waals surface area contributed by atoms with Crippen molar-refractivity contribution in [3.8, 4) is 0 Å². The van der Waals surface area contributed by atoms with E-state index < -0.39 is 0 Å². The maximum atomic E-state index is 4.29. The summed E-state index contributed by atoms with van der Waals surface area (Å²) in [5.74, 6) is 0.583. The molecule has 0 spiro atoms. The molecule has 0 aromatic carbocycles. The lowest BCUT2D eigenvalue weighted by Crippen LogP contribution is -2.21. The number of hydrogen-bond acceptors (Lipinski definition) is 1. The van der Waals surface area contributed by atoms with E-state index in [1.807, 2.05) is 23.2 Å². The molecule has 2 heterocycles. The van der Waals surface area contributed by atoms with Gasteiger partial charge in [-0.3, -0.25) is 0 Å². The third kappa shape index (κ3) is 1.04. The lowest BCUT2D eigenvalue weighted by Gasteiger charge is -2.10. The maximum Gasteiger partial charge on any atom is 0.226 e. The Labute approximate surface area is 72.6 Å². The van der Waals surface area contributed by atoms with Gasteiger partial charge in [0.25, 0.3) is 0 Å². The van der Waals surface area contributed by atoms with Gasteiger partial charge in [0.2, 0.25) is 6.04 Å². The highest BCUT2D eigenvalue weighted by atomic mass is 15.3. The highest BCUT2D eigenvalue weighted by Gasteiger charge is 2.31. The molecule has 0 N–H and O–H groups in total. The first-order chi connectivity index (χ1) is 5.79. The molecule has 2 rings (SSSR count). The summed E-state index contributed by atoms with van der Waals surface area (Å²) >= 11 is 0. The lowest BCUT2D eigenvalue weighted by molar-refractivity contribution is -0.537. The normalized spacial score (nSPS) is 25.8. The predicted molar refractivity (Wildman–Crippen MR) is 47.7 cm³/mol. The zero-order valence-corrected chi connectivity index (χ0v) is 7.44. The Balaban J connectivity index is 2.27. The van der Waals surface area contributed by atoms with Crippen molar-refractivity contribution in [3.63, 3.8) is 0 Å². The summed E-state index contributed by atoms with van der Waals surface area (Å²) in [6, 6.07) is 0.384. The average molecular weight is 161 g/mol. The van der Waals surface area contributed by atoms with Crippen LogP contribution in [0.15, 0.2) is 41.3 Å². The first-order valence-corrected chi connectivity index (χ1v) is 4.33. The summed E-state index contributed by atoms with van der Waals surface area (Å²) in [5, 5.41) is 4.29. The maximum absolute atomic E-state index is 4.29. The molecule has 2 nitrogen and oxygen atoms in total. The minimum atomic E-state index is 0.384. The predicted octanol–water partition coefficient (Wildman–Crippen LogP) is 2.46. The van der Waals surface area contributed by atoms with Crippen molar-refractivity contribution in [3.05, 3.63) is 36.2 Å². The van der Waals surface area contributed by atoms with Crippen LogP contribution >= 0.6 is 0 Å². The van der Waals surface area contributed by atoms with Crippen molar-refractivity contribution in [1.29, 1.82) is 0 Å². The molecular formula is C10H13N2+. The van der Waals surface area contributed by atoms with Crippen LogP contribution in [0.2, 0.25) is 0 Å². The molecule has 1 atom stereocenters. The number of fused-ring (bicyclic) bond motifs is 1. The zero-order chi connectivity index (χ0) is 8.55. The molecule has 0 fully saturated rings. The first kappa shape index (κ1) is 7.47. The van der Waals surface area contributed by atoms with E-state index in [0.29, 0.717) is 12.0 Å². The van der Waals surface area contributed by atoms with Gasteiger partial charge in [0.05, 0.1) is 0 Å². The van der Waals surface area contributed by atoms with Crippen LogP contribution in [0.1, 0.15) is 13.8 Å². The Kier molecular flexibility index (Phi) is 1.68. The number of nitrogens with zero attached hydrogens (tertiary/aromatic N) is 2. The molecule has 62 valence electrons. The Hall–Kier alpha value is -1.18. The van der Waals surface area contributed by atoms with Crippen LogP contribution in [0.5, 0.6) is 0 Å². The van der Waals surface area contributed by atoms with Gasteiger partial charge in [-0.05, 0) is 17.1 Å². The van der Waals surface area contributed by atoms with E-state index in [2.05, 4.69) is 31.1 Å². The van der Waals surface area contributed by atoms with Gasteiger partial charge in [-0.2, -0.15) is 0 Å². The van der Waals surface area contributed by atoms with Gasteiger partial charge in [-0.25, -0.2) is 0 Å². The van der Waals surface area contributed by atoms with Gasteiger partial charge in [0.15, 0.2) is 6.20 Å². The second-order valence-corrected chi connectivity index (χ2v) is 3.45. The molecular weight excluding hydrogens is 148 g/mol. The van der Waals surface area contributed by atoms with Gasteiger partial charge in [0.1, 0.15) is 6.20 Å². The molecule has 0 aromatic rings. The quantitative estimate of drug-likeness (QED) is 0.525. The van der Waals surface area contributed by atoms with E-state index in [4.69, 9.17) is 0 Å². The highest BCUT2D eigenvalue weighted by Crippen LogP contribution is 2.25. The van der Waals surface area contributed by atoms with E-state index >= 15 is 0 Å². The molecule has 12 heavy (non-hydrogen) atoms. The second-order valence-electron chi connectivity index (χ2n) is 3.45. The number of hydrogen-bond donors (Lipinski definition) is 0. The molecule has 0 saturated carbocycles. The monoisotopic (exact) mass is 161 g/mol. The van der Waals surface area contributed by atoms with Crippen molar-refractivity contribution < 1.29 is 4.70 Å². The summed E-state index contributed by atoms with van der Waals surface area (Å²) in [6.45, 7) is 4.41. The number of allylic oxidation sites excluding steroid dienone is 2. The summed E-state index contributed by atoms with van der Waals surface area (Å²) in [5.41, 5.74) is 1.40. The van der Waals surface area contributed by atoms with Gasteiger partial charge in [-0.1, -0.05) is 24.6 Å². The molecule has 0 saturated heterocycles. The lowest BCUT2D eigenvalue weighted by atomic mass is 9.96. The third-order valence-electron chi connectivity index (χ3n) is 2.28. The topological polar surface area (TPSA) is 15.4 Å². The Morgan fingerprint density at radius 2 is 2.25 bits per heavy atom. The Morgan fingerprint density at radius 1 is 1.42 bits per heavy atom. The summed E-state index contributed by atoms with van der Waals surface area (Å²) in [6.07, 6.45) is 10.3. The van der Waals surface area contributed by atoms with Crippen molar-refractivity contribution >= 4 is 0 Å². The van der Waals surface area contributed by atoms with E-state index in [1.165, 1.54) is 5.57 Å². The smallest absolute Gasteiger partial charge is 0.0808 e. The van der Waals surface area contributed by atoms with E-state index in [9.17, 15) is 0 Å². The van der Waals surface area contributed by atoms with Crippen molar-refractivity contribution in [1.82, 2.24) is 0 Å². The minimum Gasteiger partial charge on any atom is -0.0808 e. The van der Waals surface area contributed by atoms with Crippen LogP contribution in [-0.4, -0.2) is 10.7 Å². The van der Waals surface area contributed by atoms with Crippen molar-refractivity contribution in [2.45, 2.75) is 19.9 Å². The van der Waals surface area contributed by atoms with Crippen LogP contribution < -0.4 is 0 Å². The highest BCUT2D eigenvalue weighted by molar-refractivity contribution is 5.22. The molecule has 2 aliphatic heterocycles. The van der Waals surface area contributed by atoms with Crippen LogP contribution in [0.4, 0.5) is 0 Å². The second kappa shape index (κ2) is 2.70. The van der Waals surface area contributed by atoms with Crippen LogP contribution in [0.3, 0.4) is 0 Å². The van der Waals surface area contributed by atoms with Crippen molar-refractivity contribution in [2.24, 2.45) is 11.0 Å². The number of azo groups is 2. The fourth-order valence-electron chi connectivity index (χ4n) is 1.56. The van der Waals surface area contributed by atoms with E-state index in [1.54, 1.807) is 0 Å². The average Bonchev–Trinajstić information content (AvgIpc) is 2.47. The fourth-order valence-corrected chi connectivity index (χ4v) is 1.56. The fraction of sp³-hybridized carbons (Fsp3) is 0.400. The summed E-state index contributed by atoms with van der Waals surface area (Å²) in [4.78, 5) is 0. The number of rotatable bonds is 1.